The smallest absolute Gasteiger partial charge is 0.0567 e. The molecule has 14 heavy (non-hydrogen) atoms. The summed E-state index contributed by atoms with van der Waals surface area (Å²) in [6.07, 6.45) is 10.2. The molecule has 0 aliphatic carbocycles. The van der Waals surface area contributed by atoms with Gasteiger partial charge in [-0.25, -0.2) is 0 Å². The van der Waals surface area contributed by atoms with Crippen LogP contribution in [-0.2, 0) is 0 Å². The van der Waals surface area contributed by atoms with Gasteiger partial charge >= 0.3 is 0 Å². The van der Waals surface area contributed by atoms with E-state index in [9.17, 15) is 0 Å². The van der Waals surface area contributed by atoms with Crippen molar-refractivity contribution in [3.05, 3.63) is 36.0 Å². The van der Waals surface area contributed by atoms with Crippen LogP contribution >= 0.6 is 0 Å². The molecule has 0 saturated carbocycles. The molecule has 0 amide bonds. The van der Waals surface area contributed by atoms with Crippen molar-refractivity contribution < 1.29 is 0 Å². The lowest BCUT2D eigenvalue weighted by atomic mass is 10.1. The molecule has 0 aliphatic rings. The quantitative estimate of drug-likeness (QED) is 0.445. The van der Waals surface area contributed by atoms with E-state index < -0.39 is 0 Å². The minimum atomic E-state index is 0.706. The topological polar surface area (TPSA) is 12.4 Å². The minimum Gasteiger partial charge on any atom is -0.289 e. The number of nitrogens with zero attached hydrogens (tertiary/aromatic N) is 1. The Kier molecular flexibility index (Phi) is 7.81. The zero-order valence-electron chi connectivity index (χ0n) is 9.59. The molecule has 0 aromatic rings. The van der Waals surface area contributed by atoms with Gasteiger partial charge in [-0.15, -0.1) is 6.58 Å². The average Bonchev–Trinajstić information content (AvgIpc) is 2.12. The van der Waals surface area contributed by atoms with Gasteiger partial charge < -0.3 is 0 Å². The standard InChI is InChI=1S/C13H21N/c1-5-10-14-11-9-13(4)8-6-7-12(2)3/h5,7,9,11H,1,6,8,10H2,2-4H3/b13-9+,14-11+. The number of aliphatic imine (C=N–C) groups is 1. The summed E-state index contributed by atoms with van der Waals surface area (Å²) < 4.78 is 0. The molecule has 0 N–H and O–H groups in total. The summed E-state index contributed by atoms with van der Waals surface area (Å²) in [4.78, 5) is 4.14. The minimum absolute atomic E-state index is 0.706. The molecule has 0 aliphatic heterocycles. The molecule has 0 bridgehead atoms. The van der Waals surface area contributed by atoms with Gasteiger partial charge in [-0.3, -0.25) is 4.99 Å². The molecule has 0 heterocycles. The van der Waals surface area contributed by atoms with Gasteiger partial charge in [-0.2, -0.15) is 0 Å². The van der Waals surface area contributed by atoms with Crippen molar-refractivity contribution in [2.45, 2.75) is 33.6 Å². The van der Waals surface area contributed by atoms with E-state index >= 15 is 0 Å². The van der Waals surface area contributed by atoms with Crippen LogP contribution in [0.2, 0.25) is 0 Å². The van der Waals surface area contributed by atoms with Crippen LogP contribution in [0.15, 0.2) is 40.9 Å². The third-order valence-corrected chi connectivity index (χ3v) is 1.79. The molecular formula is C13H21N. The van der Waals surface area contributed by atoms with Crippen molar-refractivity contribution in [3.63, 3.8) is 0 Å². The van der Waals surface area contributed by atoms with Crippen molar-refractivity contribution in [2.75, 3.05) is 6.54 Å². The highest BCUT2D eigenvalue weighted by atomic mass is 14.7. The first-order valence-corrected chi connectivity index (χ1v) is 5.06. The Hall–Kier alpha value is -1.11. The maximum Gasteiger partial charge on any atom is 0.0567 e. The molecule has 0 rings (SSSR count). The first kappa shape index (κ1) is 12.9. The van der Waals surface area contributed by atoms with Gasteiger partial charge in [0.25, 0.3) is 0 Å². The highest BCUT2D eigenvalue weighted by molar-refractivity contribution is 5.72. The van der Waals surface area contributed by atoms with Crippen LogP contribution < -0.4 is 0 Å². The monoisotopic (exact) mass is 191 g/mol. The Morgan fingerprint density at radius 1 is 1.29 bits per heavy atom. The van der Waals surface area contributed by atoms with Crippen molar-refractivity contribution in [1.82, 2.24) is 0 Å². The van der Waals surface area contributed by atoms with E-state index in [0.717, 1.165) is 12.8 Å². The molecule has 78 valence electrons. The summed E-state index contributed by atoms with van der Waals surface area (Å²) in [7, 11) is 0. The van der Waals surface area contributed by atoms with Crippen LogP contribution in [0, 0.1) is 0 Å². The SMILES string of the molecule is C=CC/N=C/C=C(\C)CCC=C(C)C. The fourth-order valence-corrected chi connectivity index (χ4v) is 0.987. The van der Waals surface area contributed by atoms with Gasteiger partial charge in [-0.05, 0) is 39.7 Å². The fraction of sp³-hybridized carbons (Fsp3) is 0.462. The van der Waals surface area contributed by atoms with E-state index in [1.165, 1.54) is 11.1 Å². The largest absolute Gasteiger partial charge is 0.289 e. The molecule has 0 atom stereocenters. The summed E-state index contributed by atoms with van der Waals surface area (Å²) in [6.45, 7) is 10.7. The predicted molar refractivity (Wildman–Crippen MR) is 66.0 cm³/mol. The Morgan fingerprint density at radius 2 is 2.00 bits per heavy atom. The predicted octanol–water partition coefficient (Wildman–Crippen LogP) is 3.94. The summed E-state index contributed by atoms with van der Waals surface area (Å²) >= 11 is 0. The normalized spacial score (nSPS) is 11.8. The van der Waals surface area contributed by atoms with Crippen LogP contribution in [0.1, 0.15) is 33.6 Å². The second kappa shape index (κ2) is 8.49. The van der Waals surface area contributed by atoms with Crippen molar-refractivity contribution in [2.24, 2.45) is 4.99 Å². The molecule has 0 aromatic heterocycles. The molecule has 0 spiro atoms. The van der Waals surface area contributed by atoms with E-state index in [1.54, 1.807) is 6.08 Å². The van der Waals surface area contributed by atoms with Crippen LogP contribution in [0.5, 0.6) is 0 Å². The Balaban J connectivity index is 3.77. The average molecular weight is 191 g/mol. The molecule has 1 nitrogen and oxygen atoms in total. The highest BCUT2D eigenvalue weighted by Gasteiger charge is 1.86. The van der Waals surface area contributed by atoms with Gasteiger partial charge in [0, 0.05) is 6.21 Å². The Labute approximate surface area is 87.9 Å². The molecule has 1 heteroatoms. The maximum atomic E-state index is 4.14. The second-order valence-electron chi connectivity index (χ2n) is 3.64. The van der Waals surface area contributed by atoms with E-state index in [1.807, 2.05) is 6.21 Å². The van der Waals surface area contributed by atoms with Gasteiger partial charge in [0.15, 0.2) is 0 Å². The second-order valence-corrected chi connectivity index (χ2v) is 3.64. The van der Waals surface area contributed by atoms with Gasteiger partial charge in [0.05, 0.1) is 6.54 Å². The van der Waals surface area contributed by atoms with Crippen LogP contribution in [0.3, 0.4) is 0 Å². The van der Waals surface area contributed by atoms with Crippen LogP contribution in [-0.4, -0.2) is 12.8 Å². The highest BCUT2D eigenvalue weighted by Crippen LogP contribution is 2.05. The summed E-state index contributed by atoms with van der Waals surface area (Å²) in [5, 5.41) is 0. The van der Waals surface area contributed by atoms with Gasteiger partial charge in [0.1, 0.15) is 0 Å². The zero-order chi connectivity index (χ0) is 10.8. The van der Waals surface area contributed by atoms with E-state index in [-0.39, 0.29) is 0 Å². The first-order valence-electron chi connectivity index (χ1n) is 5.06. The van der Waals surface area contributed by atoms with E-state index in [2.05, 4.69) is 44.5 Å². The summed E-state index contributed by atoms with van der Waals surface area (Å²) in [5.74, 6) is 0. The van der Waals surface area contributed by atoms with E-state index in [4.69, 9.17) is 0 Å². The molecule has 0 unspecified atom stereocenters. The third-order valence-electron chi connectivity index (χ3n) is 1.79. The van der Waals surface area contributed by atoms with Crippen molar-refractivity contribution in [1.29, 1.82) is 0 Å². The third kappa shape index (κ3) is 8.98. The molecule has 0 fully saturated rings. The lowest BCUT2D eigenvalue weighted by molar-refractivity contribution is 0.969. The summed E-state index contributed by atoms with van der Waals surface area (Å²) in [6, 6.07) is 0. The van der Waals surface area contributed by atoms with Gasteiger partial charge in [-0.1, -0.05) is 23.3 Å². The van der Waals surface area contributed by atoms with Crippen LogP contribution in [0.25, 0.3) is 0 Å². The summed E-state index contributed by atoms with van der Waals surface area (Å²) in [5.41, 5.74) is 2.76. The zero-order valence-corrected chi connectivity index (χ0v) is 9.59. The van der Waals surface area contributed by atoms with E-state index in [0.29, 0.717) is 6.54 Å². The molecule has 0 saturated heterocycles. The van der Waals surface area contributed by atoms with Gasteiger partial charge in [0.2, 0.25) is 0 Å². The molecule has 0 aromatic carbocycles. The Bertz CT molecular complexity index is 240. The maximum absolute atomic E-state index is 4.14. The Morgan fingerprint density at radius 3 is 2.57 bits per heavy atom. The van der Waals surface area contributed by atoms with Crippen molar-refractivity contribution >= 4 is 6.21 Å². The number of hydrogen-bond acceptors (Lipinski definition) is 1. The molecule has 0 radical (unpaired) electrons. The molecular weight excluding hydrogens is 170 g/mol. The fourth-order valence-electron chi connectivity index (χ4n) is 0.987. The lowest BCUT2D eigenvalue weighted by Crippen LogP contribution is -1.79. The van der Waals surface area contributed by atoms with Crippen molar-refractivity contribution in [3.8, 4) is 0 Å². The number of rotatable bonds is 6. The first-order chi connectivity index (χ1) is 6.66. The number of hydrogen-bond donors (Lipinski definition) is 0. The van der Waals surface area contributed by atoms with Crippen LogP contribution in [0.4, 0.5) is 0 Å². The lowest BCUT2D eigenvalue weighted by Gasteiger charge is -1.96. The number of allylic oxidation sites excluding steroid dienone is 4.